The molecule has 0 aliphatic carbocycles. The number of nitrogens with one attached hydrogen (secondary N) is 4. The molecule has 4 N–H and O–H groups in total. The number of carbonyl (C=O) groups excluding carboxylic acids is 4. The van der Waals surface area contributed by atoms with E-state index in [2.05, 4.69) is 31.7 Å². The Labute approximate surface area is 277 Å². The molecule has 0 bridgehead atoms. The van der Waals surface area contributed by atoms with E-state index in [4.69, 9.17) is 0 Å². The molecule has 10 nitrogen and oxygen atoms in total. The highest BCUT2D eigenvalue weighted by Gasteiger charge is 2.10. The summed E-state index contributed by atoms with van der Waals surface area (Å²) in [5, 5.41) is 13.7. The Bertz CT molecular complexity index is 1860. The fourth-order valence-electron chi connectivity index (χ4n) is 4.52. The summed E-state index contributed by atoms with van der Waals surface area (Å²) in [6.07, 6.45) is 3.01. The number of benzene rings is 5. The zero-order chi connectivity index (χ0) is 33.9. The quantitative estimate of drug-likeness (QED) is 0.105. The van der Waals surface area contributed by atoms with Crippen LogP contribution in [0.15, 0.2) is 132 Å². The molecule has 0 unspecified atom stereocenters. The number of anilines is 2. The lowest BCUT2D eigenvalue weighted by atomic mass is 10.1. The van der Waals surface area contributed by atoms with Crippen LogP contribution >= 0.6 is 0 Å². The number of nitrogens with zero attached hydrogens (tertiary/aromatic N) is 2. The Morgan fingerprint density at radius 1 is 0.458 bits per heavy atom. The number of hydrogen-bond donors (Lipinski definition) is 4. The number of rotatable bonds is 10. The minimum atomic E-state index is -0.399. The normalized spacial score (nSPS) is 10.9. The molecule has 48 heavy (non-hydrogen) atoms. The van der Waals surface area contributed by atoms with Crippen LogP contribution < -0.4 is 21.5 Å². The van der Waals surface area contributed by atoms with Gasteiger partial charge < -0.3 is 10.6 Å². The van der Waals surface area contributed by atoms with Crippen molar-refractivity contribution in [1.29, 1.82) is 0 Å². The Balaban J connectivity index is 1.06. The van der Waals surface area contributed by atoms with E-state index in [1.54, 1.807) is 97.1 Å². The number of amides is 4. The lowest BCUT2D eigenvalue weighted by Gasteiger charge is -2.07. The first-order valence-electron chi connectivity index (χ1n) is 15.0. The van der Waals surface area contributed by atoms with Crippen molar-refractivity contribution in [2.45, 2.75) is 13.8 Å². The maximum atomic E-state index is 12.5. The minimum absolute atomic E-state index is 0.230. The van der Waals surface area contributed by atoms with Gasteiger partial charge in [-0.1, -0.05) is 59.7 Å². The van der Waals surface area contributed by atoms with Crippen LogP contribution in [-0.4, -0.2) is 36.1 Å². The topological polar surface area (TPSA) is 141 Å². The highest BCUT2D eigenvalue weighted by molar-refractivity contribution is 6.05. The van der Waals surface area contributed by atoms with Crippen molar-refractivity contribution in [3.05, 3.63) is 166 Å². The molecule has 0 aromatic heterocycles. The molecule has 5 rings (SSSR count). The van der Waals surface area contributed by atoms with Gasteiger partial charge in [-0.25, -0.2) is 10.9 Å². The summed E-state index contributed by atoms with van der Waals surface area (Å²) in [6.45, 7) is 3.84. The van der Waals surface area contributed by atoms with Gasteiger partial charge in [-0.2, -0.15) is 10.2 Å². The number of hydrogen-bond acceptors (Lipinski definition) is 6. The molecular formula is C38H32N6O4. The van der Waals surface area contributed by atoms with E-state index in [-0.39, 0.29) is 11.8 Å². The van der Waals surface area contributed by atoms with Gasteiger partial charge in [0, 0.05) is 33.6 Å². The molecule has 5 aromatic rings. The molecule has 0 heterocycles. The minimum Gasteiger partial charge on any atom is -0.322 e. The first-order chi connectivity index (χ1) is 23.2. The van der Waals surface area contributed by atoms with Gasteiger partial charge in [0.15, 0.2) is 0 Å². The molecule has 10 heteroatoms. The summed E-state index contributed by atoms with van der Waals surface area (Å²) in [4.78, 5) is 49.9. The van der Waals surface area contributed by atoms with Gasteiger partial charge in [-0.05, 0) is 97.8 Å². The van der Waals surface area contributed by atoms with Crippen molar-refractivity contribution in [1.82, 2.24) is 10.9 Å². The highest BCUT2D eigenvalue weighted by Crippen LogP contribution is 2.14. The van der Waals surface area contributed by atoms with Gasteiger partial charge in [0.05, 0.1) is 12.4 Å². The van der Waals surface area contributed by atoms with E-state index in [0.29, 0.717) is 33.6 Å². The average Bonchev–Trinajstić information content (AvgIpc) is 3.09. The van der Waals surface area contributed by atoms with Crippen LogP contribution in [0.25, 0.3) is 0 Å². The van der Waals surface area contributed by atoms with E-state index in [0.717, 1.165) is 22.3 Å². The Morgan fingerprint density at radius 3 is 1.19 bits per heavy atom. The third-order valence-corrected chi connectivity index (χ3v) is 7.07. The molecule has 0 aliphatic rings. The van der Waals surface area contributed by atoms with Crippen molar-refractivity contribution >= 4 is 47.4 Å². The molecular weight excluding hydrogens is 604 g/mol. The van der Waals surface area contributed by atoms with Crippen LogP contribution in [-0.2, 0) is 0 Å². The van der Waals surface area contributed by atoms with Gasteiger partial charge in [0.25, 0.3) is 23.6 Å². The number of hydrazone groups is 2. The van der Waals surface area contributed by atoms with Gasteiger partial charge in [-0.15, -0.1) is 0 Å². The fourth-order valence-corrected chi connectivity index (χ4v) is 4.52. The smallest absolute Gasteiger partial charge is 0.271 e. The van der Waals surface area contributed by atoms with E-state index in [1.807, 2.05) is 38.1 Å². The van der Waals surface area contributed by atoms with Gasteiger partial charge in [0.1, 0.15) is 0 Å². The molecule has 0 saturated carbocycles. The molecule has 0 fully saturated rings. The van der Waals surface area contributed by atoms with Crippen LogP contribution in [0.5, 0.6) is 0 Å². The SMILES string of the molecule is Cc1cccc(C(=O)Nc2ccc(C(=O)N/N=C\c3ccc(/C=N\NC(=O)c4ccc(NC(=O)c5cccc(C)c5)cc4)cc3)cc2)c1. The zero-order valence-electron chi connectivity index (χ0n) is 26.2. The average molecular weight is 637 g/mol. The van der Waals surface area contributed by atoms with Crippen LogP contribution in [0.1, 0.15) is 63.7 Å². The monoisotopic (exact) mass is 636 g/mol. The predicted octanol–water partition coefficient (Wildman–Crippen LogP) is 6.34. The summed E-state index contributed by atoms with van der Waals surface area (Å²) in [5.74, 6) is -1.26. The second-order valence-electron chi connectivity index (χ2n) is 10.9. The van der Waals surface area contributed by atoms with Crippen LogP contribution in [0, 0.1) is 13.8 Å². The Hall–Kier alpha value is -6.68. The van der Waals surface area contributed by atoms with E-state index >= 15 is 0 Å². The third kappa shape index (κ3) is 9.18. The summed E-state index contributed by atoms with van der Waals surface area (Å²) in [5.41, 5.74) is 11.4. The zero-order valence-corrected chi connectivity index (χ0v) is 26.2. The van der Waals surface area contributed by atoms with Crippen LogP contribution in [0.2, 0.25) is 0 Å². The summed E-state index contributed by atoms with van der Waals surface area (Å²) >= 11 is 0. The molecule has 0 spiro atoms. The number of carbonyl (C=O) groups is 4. The Kier molecular flexibility index (Phi) is 10.6. The van der Waals surface area contributed by atoms with Gasteiger partial charge in [0.2, 0.25) is 0 Å². The number of aryl methyl sites for hydroxylation is 2. The first kappa shape index (κ1) is 32.7. The van der Waals surface area contributed by atoms with Crippen molar-refractivity contribution < 1.29 is 19.2 Å². The van der Waals surface area contributed by atoms with E-state index < -0.39 is 11.8 Å². The van der Waals surface area contributed by atoms with Crippen molar-refractivity contribution in [2.24, 2.45) is 10.2 Å². The van der Waals surface area contributed by atoms with Gasteiger partial charge in [-0.3, -0.25) is 19.2 Å². The Morgan fingerprint density at radius 2 is 0.833 bits per heavy atom. The maximum absolute atomic E-state index is 12.5. The predicted molar refractivity (Wildman–Crippen MR) is 188 cm³/mol. The lowest BCUT2D eigenvalue weighted by molar-refractivity contribution is 0.0947. The molecule has 0 saturated heterocycles. The second kappa shape index (κ2) is 15.5. The molecule has 5 aromatic carbocycles. The molecule has 4 amide bonds. The molecule has 0 aliphatic heterocycles. The van der Waals surface area contributed by atoms with Crippen molar-refractivity contribution in [3.63, 3.8) is 0 Å². The fraction of sp³-hybridized carbons (Fsp3) is 0.0526. The summed E-state index contributed by atoms with van der Waals surface area (Å²) in [7, 11) is 0. The van der Waals surface area contributed by atoms with Crippen LogP contribution in [0.4, 0.5) is 11.4 Å². The summed E-state index contributed by atoms with van der Waals surface area (Å²) < 4.78 is 0. The van der Waals surface area contributed by atoms with Gasteiger partial charge >= 0.3 is 0 Å². The molecule has 238 valence electrons. The highest BCUT2D eigenvalue weighted by atomic mass is 16.2. The van der Waals surface area contributed by atoms with E-state index in [9.17, 15) is 19.2 Å². The van der Waals surface area contributed by atoms with Crippen LogP contribution in [0.3, 0.4) is 0 Å². The van der Waals surface area contributed by atoms with Crippen molar-refractivity contribution in [2.75, 3.05) is 10.6 Å². The maximum Gasteiger partial charge on any atom is 0.271 e. The van der Waals surface area contributed by atoms with E-state index in [1.165, 1.54) is 12.4 Å². The molecule has 0 atom stereocenters. The lowest BCUT2D eigenvalue weighted by Crippen LogP contribution is -2.18. The largest absolute Gasteiger partial charge is 0.322 e. The van der Waals surface area contributed by atoms with Crippen molar-refractivity contribution in [3.8, 4) is 0 Å². The molecule has 0 radical (unpaired) electrons. The second-order valence-corrected chi connectivity index (χ2v) is 10.9. The summed E-state index contributed by atoms with van der Waals surface area (Å²) in [6, 6.07) is 34.7. The first-order valence-corrected chi connectivity index (χ1v) is 15.0. The standard InChI is InChI=1S/C38H32N6O4/c1-25-5-3-7-31(21-25)35(45)41-33-17-13-29(14-18-33)37(47)43-39-23-27-9-11-28(12-10-27)24-40-44-38(48)30-15-19-34(20-16-30)42-36(46)32-8-4-6-26(2)22-32/h3-24H,1-2H3,(H,41,45)(H,42,46)(H,43,47)(H,44,48)/b39-23-,40-24-. The third-order valence-electron chi connectivity index (χ3n) is 7.07.